The molecule has 0 aromatic carbocycles. The van der Waals surface area contributed by atoms with Gasteiger partial charge in [-0.05, 0) is 51.1 Å². The molecule has 104 valence electrons. The molecule has 0 N–H and O–H groups in total. The SMILES string of the molecule is [B]C1(C)CC(C)CCCN(C)C1(CC)CC(C)C. The van der Waals surface area contributed by atoms with Gasteiger partial charge in [0, 0.05) is 5.54 Å². The van der Waals surface area contributed by atoms with E-state index in [1.165, 1.54) is 25.8 Å². The van der Waals surface area contributed by atoms with Crippen LogP contribution in [0.4, 0.5) is 0 Å². The lowest BCUT2D eigenvalue weighted by molar-refractivity contribution is 0.0233. The fourth-order valence-corrected chi connectivity index (χ4v) is 4.23. The minimum Gasteiger partial charge on any atom is -0.301 e. The van der Waals surface area contributed by atoms with Gasteiger partial charge in [-0.15, -0.1) is 0 Å². The maximum atomic E-state index is 6.82. The molecule has 1 fully saturated rings. The van der Waals surface area contributed by atoms with Crippen LogP contribution >= 0.6 is 0 Å². The number of likely N-dealkylation sites (tertiary alicyclic amines) is 1. The normalized spacial score (nSPS) is 39.6. The lowest BCUT2D eigenvalue weighted by Gasteiger charge is -2.56. The summed E-state index contributed by atoms with van der Waals surface area (Å²) in [5.41, 5.74) is 0.163. The van der Waals surface area contributed by atoms with E-state index in [0.717, 1.165) is 18.8 Å². The van der Waals surface area contributed by atoms with Crippen LogP contribution < -0.4 is 0 Å². The second kappa shape index (κ2) is 5.99. The molecule has 1 heterocycles. The van der Waals surface area contributed by atoms with Crippen molar-refractivity contribution < 1.29 is 0 Å². The molecule has 0 bridgehead atoms. The summed E-state index contributed by atoms with van der Waals surface area (Å²) in [6, 6.07) is 0. The Hall–Kier alpha value is 0.0249. The van der Waals surface area contributed by atoms with Crippen molar-refractivity contribution in [3.8, 4) is 0 Å². The van der Waals surface area contributed by atoms with Gasteiger partial charge in [0.2, 0.25) is 0 Å². The highest BCUT2D eigenvalue weighted by Crippen LogP contribution is 2.51. The number of hydrogen-bond donors (Lipinski definition) is 0. The Labute approximate surface area is 116 Å². The standard InChI is InChI=1S/C16H32BN/c1-7-16(11-13(2)3)15(5,17)12-14(4)9-8-10-18(16)6/h13-14H,7-12H2,1-6H3. The Kier molecular flexibility index (Phi) is 5.35. The third-order valence-electron chi connectivity index (χ3n) is 5.09. The summed E-state index contributed by atoms with van der Waals surface area (Å²) in [6.07, 6.45) is 6.14. The van der Waals surface area contributed by atoms with Crippen molar-refractivity contribution in [1.29, 1.82) is 0 Å². The largest absolute Gasteiger partial charge is 0.301 e. The molecular weight excluding hydrogens is 217 g/mol. The molecule has 1 aliphatic rings. The zero-order valence-corrected chi connectivity index (χ0v) is 13.4. The van der Waals surface area contributed by atoms with E-state index in [1.807, 2.05) is 0 Å². The lowest BCUT2D eigenvalue weighted by atomic mass is 9.50. The summed E-state index contributed by atoms with van der Waals surface area (Å²) in [5, 5.41) is -0.0827. The number of nitrogens with zero attached hydrogens (tertiary/aromatic N) is 1. The average Bonchev–Trinajstić information content (AvgIpc) is 2.22. The zero-order valence-electron chi connectivity index (χ0n) is 13.4. The Balaban J connectivity index is 3.10. The van der Waals surface area contributed by atoms with Crippen molar-refractivity contribution in [3.63, 3.8) is 0 Å². The Bertz CT molecular complexity index is 262. The lowest BCUT2D eigenvalue weighted by Crippen LogP contribution is -2.56. The van der Waals surface area contributed by atoms with E-state index >= 15 is 0 Å². The molecule has 2 heteroatoms. The molecule has 18 heavy (non-hydrogen) atoms. The van der Waals surface area contributed by atoms with Gasteiger partial charge in [-0.3, -0.25) is 0 Å². The van der Waals surface area contributed by atoms with Gasteiger partial charge in [-0.1, -0.05) is 46.4 Å². The molecule has 0 amide bonds. The van der Waals surface area contributed by atoms with Crippen molar-refractivity contribution in [2.24, 2.45) is 11.8 Å². The number of rotatable bonds is 3. The summed E-state index contributed by atoms with van der Waals surface area (Å²) in [7, 11) is 9.11. The van der Waals surface area contributed by atoms with Crippen LogP contribution in [0.2, 0.25) is 5.31 Å². The minimum atomic E-state index is -0.0827. The molecule has 1 nitrogen and oxygen atoms in total. The van der Waals surface area contributed by atoms with Crippen LogP contribution in [-0.2, 0) is 0 Å². The summed E-state index contributed by atoms with van der Waals surface area (Å²) < 4.78 is 0. The molecule has 0 aliphatic carbocycles. The molecule has 1 rings (SSSR count). The van der Waals surface area contributed by atoms with Crippen molar-refractivity contribution >= 4 is 7.85 Å². The van der Waals surface area contributed by atoms with Crippen LogP contribution in [0.5, 0.6) is 0 Å². The van der Waals surface area contributed by atoms with Gasteiger partial charge in [0.1, 0.15) is 0 Å². The second-order valence-electron chi connectivity index (χ2n) is 7.27. The summed E-state index contributed by atoms with van der Waals surface area (Å²) >= 11 is 0. The molecule has 3 atom stereocenters. The first kappa shape index (κ1) is 16.1. The summed E-state index contributed by atoms with van der Waals surface area (Å²) in [4.78, 5) is 2.57. The second-order valence-corrected chi connectivity index (χ2v) is 7.27. The van der Waals surface area contributed by atoms with Gasteiger partial charge in [0.05, 0.1) is 7.85 Å². The molecule has 3 unspecified atom stereocenters. The van der Waals surface area contributed by atoms with Gasteiger partial charge in [0.15, 0.2) is 0 Å². The fourth-order valence-electron chi connectivity index (χ4n) is 4.23. The molecule has 0 spiro atoms. The smallest absolute Gasteiger partial charge is 0.0767 e. The van der Waals surface area contributed by atoms with Gasteiger partial charge < -0.3 is 4.90 Å². The van der Waals surface area contributed by atoms with E-state index < -0.39 is 0 Å². The van der Waals surface area contributed by atoms with Crippen LogP contribution in [-0.4, -0.2) is 31.9 Å². The highest BCUT2D eigenvalue weighted by Gasteiger charge is 2.47. The van der Waals surface area contributed by atoms with E-state index in [1.54, 1.807) is 0 Å². The van der Waals surface area contributed by atoms with Crippen LogP contribution in [0.1, 0.15) is 66.7 Å². The van der Waals surface area contributed by atoms with Crippen molar-refractivity contribution in [2.45, 2.75) is 77.6 Å². The van der Waals surface area contributed by atoms with E-state index in [0.29, 0.717) is 5.92 Å². The molecule has 0 aromatic heterocycles. The molecule has 1 saturated heterocycles. The molecular formula is C16H32BN. The van der Waals surface area contributed by atoms with Crippen LogP contribution in [0, 0.1) is 11.8 Å². The first-order valence-electron chi connectivity index (χ1n) is 7.75. The highest BCUT2D eigenvalue weighted by atomic mass is 15.2. The van der Waals surface area contributed by atoms with E-state index in [2.05, 4.69) is 46.6 Å². The van der Waals surface area contributed by atoms with E-state index in [4.69, 9.17) is 7.85 Å². The quantitative estimate of drug-likeness (QED) is 0.675. The van der Waals surface area contributed by atoms with Gasteiger partial charge in [0.25, 0.3) is 0 Å². The van der Waals surface area contributed by atoms with Gasteiger partial charge in [-0.2, -0.15) is 0 Å². The summed E-state index contributed by atoms with van der Waals surface area (Å²) in [5.74, 6) is 1.46. The van der Waals surface area contributed by atoms with Gasteiger partial charge >= 0.3 is 0 Å². The monoisotopic (exact) mass is 249 g/mol. The van der Waals surface area contributed by atoms with E-state index in [9.17, 15) is 0 Å². The third-order valence-corrected chi connectivity index (χ3v) is 5.09. The third kappa shape index (κ3) is 3.12. The maximum absolute atomic E-state index is 6.82. The molecule has 0 aromatic rings. The van der Waals surface area contributed by atoms with Crippen molar-refractivity contribution in [3.05, 3.63) is 0 Å². The minimum absolute atomic E-state index is 0.0827. The summed E-state index contributed by atoms with van der Waals surface area (Å²) in [6.45, 7) is 12.8. The molecule has 0 saturated carbocycles. The fraction of sp³-hybridized carbons (Fsp3) is 1.00. The van der Waals surface area contributed by atoms with Crippen LogP contribution in [0.3, 0.4) is 0 Å². The predicted octanol–water partition coefficient (Wildman–Crippen LogP) is 4.28. The molecule has 1 aliphatic heterocycles. The van der Waals surface area contributed by atoms with Crippen molar-refractivity contribution in [1.82, 2.24) is 4.90 Å². The van der Waals surface area contributed by atoms with Gasteiger partial charge in [-0.25, -0.2) is 0 Å². The van der Waals surface area contributed by atoms with Crippen molar-refractivity contribution in [2.75, 3.05) is 13.6 Å². The highest BCUT2D eigenvalue weighted by molar-refractivity contribution is 6.16. The first-order chi connectivity index (χ1) is 8.25. The maximum Gasteiger partial charge on any atom is 0.0767 e. The predicted molar refractivity (Wildman–Crippen MR) is 82.2 cm³/mol. The zero-order chi connectivity index (χ0) is 14.0. The Morgan fingerprint density at radius 1 is 1.39 bits per heavy atom. The average molecular weight is 249 g/mol. The van der Waals surface area contributed by atoms with Crippen LogP contribution in [0.15, 0.2) is 0 Å². The Morgan fingerprint density at radius 2 is 2.00 bits per heavy atom. The molecule has 2 radical (unpaired) electrons. The first-order valence-corrected chi connectivity index (χ1v) is 7.75. The topological polar surface area (TPSA) is 3.24 Å². The number of hydrogen-bond acceptors (Lipinski definition) is 1. The van der Waals surface area contributed by atoms with E-state index in [-0.39, 0.29) is 10.9 Å². The van der Waals surface area contributed by atoms with Crippen LogP contribution in [0.25, 0.3) is 0 Å². The Morgan fingerprint density at radius 3 is 2.50 bits per heavy atom.